The molecule has 1 saturated carbocycles. The van der Waals surface area contributed by atoms with Crippen molar-refractivity contribution in [2.75, 3.05) is 7.05 Å². The molecule has 2 nitrogen and oxygen atoms in total. The fraction of sp³-hybridized carbons (Fsp3) is 0.800. The first-order valence-corrected chi connectivity index (χ1v) is 8.06. The molecule has 0 radical (unpaired) electrons. The quantitative estimate of drug-likeness (QED) is 0.876. The second-order valence-corrected chi connectivity index (χ2v) is 7.06. The van der Waals surface area contributed by atoms with Gasteiger partial charge in [-0.3, -0.25) is 0 Å². The lowest BCUT2D eigenvalue weighted by molar-refractivity contribution is 0.258. The summed E-state index contributed by atoms with van der Waals surface area (Å²) in [5, 5.41) is 4.66. The average molecular weight is 266 g/mol. The van der Waals surface area contributed by atoms with Gasteiger partial charge in [0.05, 0.1) is 5.01 Å². The van der Waals surface area contributed by atoms with Crippen LogP contribution in [0.5, 0.6) is 0 Å². The first kappa shape index (κ1) is 14.0. The molecule has 1 unspecified atom stereocenters. The van der Waals surface area contributed by atoms with Crippen LogP contribution in [0.3, 0.4) is 0 Å². The van der Waals surface area contributed by atoms with Crippen molar-refractivity contribution in [3.05, 3.63) is 16.1 Å². The van der Waals surface area contributed by atoms with Crippen LogP contribution in [0, 0.1) is 11.8 Å². The zero-order valence-corrected chi connectivity index (χ0v) is 12.9. The van der Waals surface area contributed by atoms with Crippen LogP contribution in [-0.4, -0.2) is 12.0 Å². The van der Waals surface area contributed by atoms with Crippen molar-refractivity contribution in [3.8, 4) is 0 Å². The number of nitrogens with zero attached hydrogens (tertiary/aromatic N) is 1. The number of rotatable bonds is 4. The van der Waals surface area contributed by atoms with Crippen LogP contribution in [-0.2, 0) is 0 Å². The largest absolute Gasteiger partial charge is 0.312 e. The second kappa shape index (κ2) is 6.16. The van der Waals surface area contributed by atoms with Gasteiger partial charge >= 0.3 is 0 Å². The Morgan fingerprint density at radius 2 is 1.89 bits per heavy atom. The molecule has 1 N–H and O–H groups in total. The maximum Gasteiger partial charge on any atom is 0.0959 e. The zero-order chi connectivity index (χ0) is 13.1. The number of hydrogen-bond acceptors (Lipinski definition) is 3. The molecule has 3 heteroatoms. The fourth-order valence-electron chi connectivity index (χ4n) is 2.86. The summed E-state index contributed by atoms with van der Waals surface area (Å²) in [6.45, 7) is 6.93. The molecule has 1 heterocycles. The van der Waals surface area contributed by atoms with E-state index >= 15 is 0 Å². The lowest BCUT2D eigenvalue weighted by atomic mass is 9.77. The van der Waals surface area contributed by atoms with Crippen LogP contribution in [0.15, 0.2) is 6.20 Å². The lowest BCUT2D eigenvalue weighted by Gasteiger charge is -2.29. The molecule has 0 aliphatic heterocycles. The molecular weight excluding hydrogens is 240 g/mol. The van der Waals surface area contributed by atoms with E-state index in [9.17, 15) is 0 Å². The first-order chi connectivity index (χ1) is 8.61. The summed E-state index contributed by atoms with van der Waals surface area (Å²) in [6, 6.07) is 0.434. The number of aromatic nitrogens is 1. The predicted octanol–water partition coefficient (Wildman–Crippen LogP) is 4.35. The maximum atomic E-state index is 4.66. The van der Waals surface area contributed by atoms with Gasteiger partial charge in [0.1, 0.15) is 0 Å². The number of hydrogen-bond donors (Lipinski definition) is 1. The van der Waals surface area contributed by atoms with E-state index in [-0.39, 0.29) is 0 Å². The Labute approximate surface area is 115 Å². The van der Waals surface area contributed by atoms with Crippen molar-refractivity contribution in [1.82, 2.24) is 10.3 Å². The SMILES string of the molecule is CNC(C)c1cnc(C2CCC(C(C)C)CC2)s1. The van der Waals surface area contributed by atoms with Gasteiger partial charge in [-0.25, -0.2) is 4.98 Å². The highest BCUT2D eigenvalue weighted by Crippen LogP contribution is 2.40. The smallest absolute Gasteiger partial charge is 0.0959 e. The molecule has 1 aliphatic carbocycles. The summed E-state index contributed by atoms with van der Waals surface area (Å²) in [6.07, 6.45) is 7.51. The third-order valence-corrected chi connectivity index (χ3v) is 5.81. The summed E-state index contributed by atoms with van der Waals surface area (Å²) < 4.78 is 0. The van der Waals surface area contributed by atoms with Crippen molar-refractivity contribution in [2.24, 2.45) is 11.8 Å². The van der Waals surface area contributed by atoms with E-state index in [0.717, 1.165) is 17.8 Å². The van der Waals surface area contributed by atoms with Crippen LogP contribution in [0.1, 0.15) is 68.3 Å². The van der Waals surface area contributed by atoms with E-state index in [1.54, 1.807) is 0 Å². The van der Waals surface area contributed by atoms with Crippen molar-refractivity contribution in [2.45, 2.75) is 58.4 Å². The molecule has 0 bridgehead atoms. The Balaban J connectivity index is 1.95. The van der Waals surface area contributed by atoms with Gasteiger partial charge < -0.3 is 5.32 Å². The van der Waals surface area contributed by atoms with Gasteiger partial charge in [-0.2, -0.15) is 0 Å². The van der Waals surface area contributed by atoms with Crippen molar-refractivity contribution >= 4 is 11.3 Å². The molecule has 0 saturated heterocycles. The Morgan fingerprint density at radius 1 is 1.22 bits per heavy atom. The molecule has 0 amide bonds. The normalized spacial score (nSPS) is 26.5. The van der Waals surface area contributed by atoms with E-state index in [0.29, 0.717) is 6.04 Å². The maximum absolute atomic E-state index is 4.66. The fourth-order valence-corrected chi connectivity index (χ4v) is 4.01. The minimum absolute atomic E-state index is 0.434. The molecule has 0 aromatic carbocycles. The third-order valence-electron chi connectivity index (χ3n) is 4.47. The Morgan fingerprint density at radius 3 is 2.44 bits per heavy atom. The minimum atomic E-state index is 0.434. The van der Waals surface area contributed by atoms with Gasteiger partial charge in [0.15, 0.2) is 0 Å². The third kappa shape index (κ3) is 3.12. The molecule has 1 aliphatic rings. The highest BCUT2D eigenvalue weighted by atomic mass is 32.1. The van der Waals surface area contributed by atoms with Gasteiger partial charge in [0.25, 0.3) is 0 Å². The van der Waals surface area contributed by atoms with E-state index in [2.05, 4.69) is 37.3 Å². The van der Waals surface area contributed by atoms with Crippen LogP contribution in [0.25, 0.3) is 0 Å². The summed E-state index contributed by atoms with van der Waals surface area (Å²) >= 11 is 1.91. The van der Waals surface area contributed by atoms with E-state index in [1.807, 2.05) is 18.4 Å². The Bertz CT molecular complexity index is 364. The monoisotopic (exact) mass is 266 g/mol. The molecule has 1 aromatic heterocycles. The van der Waals surface area contributed by atoms with E-state index < -0.39 is 0 Å². The molecule has 0 spiro atoms. The molecule has 18 heavy (non-hydrogen) atoms. The van der Waals surface area contributed by atoms with Crippen LogP contribution in [0.2, 0.25) is 0 Å². The molecule has 1 fully saturated rings. The molecule has 1 atom stereocenters. The van der Waals surface area contributed by atoms with Crippen LogP contribution in [0.4, 0.5) is 0 Å². The highest BCUT2D eigenvalue weighted by Gasteiger charge is 2.26. The molecule has 1 aromatic rings. The number of nitrogens with one attached hydrogen (secondary N) is 1. The van der Waals surface area contributed by atoms with Crippen molar-refractivity contribution in [1.29, 1.82) is 0 Å². The Kier molecular flexibility index (Phi) is 4.79. The van der Waals surface area contributed by atoms with Gasteiger partial charge in [-0.15, -0.1) is 11.3 Å². The molecule has 2 rings (SSSR count). The predicted molar refractivity (Wildman–Crippen MR) is 79.1 cm³/mol. The Hall–Kier alpha value is -0.410. The summed E-state index contributed by atoms with van der Waals surface area (Å²) in [4.78, 5) is 6.03. The van der Waals surface area contributed by atoms with E-state index in [4.69, 9.17) is 0 Å². The lowest BCUT2D eigenvalue weighted by Crippen LogP contribution is -2.17. The van der Waals surface area contributed by atoms with Crippen molar-refractivity contribution in [3.63, 3.8) is 0 Å². The zero-order valence-electron chi connectivity index (χ0n) is 12.1. The van der Waals surface area contributed by atoms with Gasteiger partial charge in [0, 0.05) is 23.0 Å². The summed E-state index contributed by atoms with van der Waals surface area (Å²) in [7, 11) is 2.01. The standard InChI is InChI=1S/C15H26N2S/c1-10(2)12-5-7-13(8-6-12)15-17-9-14(18-15)11(3)16-4/h9-13,16H,5-8H2,1-4H3. The van der Waals surface area contributed by atoms with Gasteiger partial charge in [-0.05, 0) is 51.5 Å². The van der Waals surface area contributed by atoms with Crippen LogP contribution >= 0.6 is 11.3 Å². The summed E-state index contributed by atoms with van der Waals surface area (Å²) in [5.74, 6) is 2.52. The second-order valence-electron chi connectivity index (χ2n) is 5.97. The highest BCUT2D eigenvalue weighted by molar-refractivity contribution is 7.11. The van der Waals surface area contributed by atoms with Gasteiger partial charge in [-0.1, -0.05) is 13.8 Å². The molecular formula is C15H26N2S. The number of thiazole rings is 1. The minimum Gasteiger partial charge on any atom is -0.312 e. The van der Waals surface area contributed by atoms with Crippen molar-refractivity contribution < 1.29 is 0 Å². The topological polar surface area (TPSA) is 24.9 Å². The van der Waals surface area contributed by atoms with E-state index in [1.165, 1.54) is 35.6 Å². The average Bonchev–Trinajstić information content (AvgIpc) is 2.87. The van der Waals surface area contributed by atoms with Gasteiger partial charge in [0.2, 0.25) is 0 Å². The first-order valence-electron chi connectivity index (χ1n) is 7.24. The van der Waals surface area contributed by atoms with Crippen LogP contribution < -0.4 is 5.32 Å². The summed E-state index contributed by atoms with van der Waals surface area (Å²) in [5.41, 5.74) is 0. The molecule has 102 valence electrons.